The molecule has 0 amide bonds. The number of nitrogens with zero attached hydrogens (tertiary/aromatic N) is 1. The molecule has 2 nitrogen and oxygen atoms in total. The number of likely N-dealkylation sites (N-methyl/N-ethyl adjacent to an activating group) is 1. The van der Waals surface area contributed by atoms with Gasteiger partial charge >= 0.3 is 0 Å². The molecule has 0 unspecified atom stereocenters. The normalized spacial score (nSPS) is 12.7. The van der Waals surface area contributed by atoms with E-state index in [0.29, 0.717) is 6.54 Å². The molecule has 60 valence electrons. The summed E-state index contributed by atoms with van der Waals surface area (Å²) < 4.78 is 0. The van der Waals surface area contributed by atoms with Crippen molar-refractivity contribution in [3.63, 3.8) is 0 Å². The van der Waals surface area contributed by atoms with Crippen molar-refractivity contribution in [3.05, 3.63) is 11.1 Å². The lowest BCUT2D eigenvalue weighted by Gasteiger charge is -2.14. The van der Waals surface area contributed by atoms with Crippen LogP contribution < -0.4 is 0 Å². The second-order valence-corrected chi connectivity index (χ2v) is 2.64. The fourth-order valence-corrected chi connectivity index (χ4v) is 0.779. The van der Waals surface area contributed by atoms with Crippen LogP contribution in [0, 0.1) is 0 Å². The van der Waals surface area contributed by atoms with E-state index in [-0.39, 0.29) is 6.61 Å². The minimum absolute atomic E-state index is 0.200. The third kappa shape index (κ3) is 4.79. The molecule has 0 aromatic carbocycles. The van der Waals surface area contributed by atoms with E-state index >= 15 is 0 Å². The summed E-state index contributed by atoms with van der Waals surface area (Å²) in [5.41, 5.74) is 2.67. The van der Waals surface area contributed by atoms with Crippen LogP contribution in [0.25, 0.3) is 0 Å². The second-order valence-electron chi connectivity index (χ2n) is 2.42. The summed E-state index contributed by atoms with van der Waals surface area (Å²) in [6, 6.07) is 0. The van der Waals surface area contributed by atoms with Crippen molar-refractivity contribution >= 4 is 11.6 Å². The molecular formula is C7H14ClNO. The number of aliphatic hydroxyl groups is 1. The van der Waals surface area contributed by atoms with Crippen molar-refractivity contribution in [2.45, 2.75) is 6.92 Å². The van der Waals surface area contributed by atoms with Crippen LogP contribution in [0.15, 0.2) is 11.1 Å². The van der Waals surface area contributed by atoms with Gasteiger partial charge in [-0.3, -0.25) is 0 Å². The monoisotopic (exact) mass is 163 g/mol. The highest BCUT2D eigenvalue weighted by Crippen LogP contribution is 1.96. The Hall–Kier alpha value is -0.0500. The van der Waals surface area contributed by atoms with Crippen molar-refractivity contribution in [1.29, 1.82) is 0 Å². The number of rotatable bonds is 4. The number of hydrogen-bond donors (Lipinski definition) is 1. The van der Waals surface area contributed by atoms with Crippen molar-refractivity contribution in [2.75, 3.05) is 26.7 Å². The van der Waals surface area contributed by atoms with E-state index in [0.717, 1.165) is 12.1 Å². The zero-order valence-corrected chi connectivity index (χ0v) is 7.23. The molecule has 1 N–H and O–H groups in total. The SMILES string of the molecule is CC(=CCl)CN(C)CCO. The Morgan fingerprint density at radius 1 is 1.70 bits per heavy atom. The fourth-order valence-electron chi connectivity index (χ4n) is 0.710. The molecule has 0 aliphatic carbocycles. The number of aliphatic hydroxyl groups excluding tert-OH is 1. The van der Waals surface area contributed by atoms with Gasteiger partial charge < -0.3 is 10.0 Å². The zero-order chi connectivity index (χ0) is 7.98. The molecule has 0 heterocycles. The van der Waals surface area contributed by atoms with Gasteiger partial charge in [-0.15, -0.1) is 0 Å². The maximum absolute atomic E-state index is 8.53. The van der Waals surface area contributed by atoms with Crippen molar-refractivity contribution < 1.29 is 5.11 Å². The molecule has 0 atom stereocenters. The lowest BCUT2D eigenvalue weighted by Crippen LogP contribution is -2.23. The van der Waals surface area contributed by atoms with Crippen LogP contribution in [-0.4, -0.2) is 36.8 Å². The first-order chi connectivity index (χ1) is 4.70. The zero-order valence-electron chi connectivity index (χ0n) is 6.47. The average Bonchev–Trinajstić information content (AvgIpc) is 1.88. The van der Waals surface area contributed by atoms with Gasteiger partial charge in [-0.1, -0.05) is 11.6 Å². The molecule has 0 fully saturated rings. The first-order valence-electron chi connectivity index (χ1n) is 3.26. The summed E-state index contributed by atoms with van der Waals surface area (Å²) in [6.07, 6.45) is 0. The molecule has 0 aliphatic rings. The van der Waals surface area contributed by atoms with E-state index in [2.05, 4.69) is 0 Å². The predicted molar refractivity (Wildman–Crippen MR) is 44.2 cm³/mol. The molecule has 0 aliphatic heterocycles. The lowest BCUT2D eigenvalue weighted by atomic mass is 10.3. The summed E-state index contributed by atoms with van der Waals surface area (Å²) in [5, 5.41) is 8.53. The van der Waals surface area contributed by atoms with E-state index in [1.165, 1.54) is 0 Å². The number of halogens is 1. The average molecular weight is 164 g/mol. The highest BCUT2D eigenvalue weighted by Gasteiger charge is 1.96. The largest absolute Gasteiger partial charge is 0.395 e. The van der Waals surface area contributed by atoms with E-state index in [1.807, 2.05) is 18.9 Å². The van der Waals surface area contributed by atoms with Crippen molar-refractivity contribution in [3.8, 4) is 0 Å². The maximum atomic E-state index is 8.53. The number of hydrogen-bond acceptors (Lipinski definition) is 2. The van der Waals surface area contributed by atoms with Gasteiger partial charge in [-0.2, -0.15) is 0 Å². The maximum Gasteiger partial charge on any atom is 0.0558 e. The quantitative estimate of drug-likeness (QED) is 0.670. The standard InChI is InChI=1S/C7H14ClNO/c1-7(5-8)6-9(2)3-4-10/h5,10H,3-4,6H2,1-2H3. The summed E-state index contributed by atoms with van der Waals surface area (Å²) in [7, 11) is 1.94. The summed E-state index contributed by atoms with van der Waals surface area (Å²) in [6.45, 7) is 3.68. The van der Waals surface area contributed by atoms with E-state index < -0.39 is 0 Å². The van der Waals surface area contributed by atoms with Crippen molar-refractivity contribution in [2.24, 2.45) is 0 Å². The second kappa shape index (κ2) is 5.71. The molecule has 0 bridgehead atoms. The molecular weight excluding hydrogens is 150 g/mol. The fraction of sp³-hybridized carbons (Fsp3) is 0.714. The van der Waals surface area contributed by atoms with Gasteiger partial charge in [0.2, 0.25) is 0 Å². The van der Waals surface area contributed by atoms with Gasteiger partial charge in [-0.05, 0) is 19.5 Å². The summed E-state index contributed by atoms with van der Waals surface area (Å²) >= 11 is 5.45. The first kappa shape index (κ1) is 9.95. The molecule has 10 heavy (non-hydrogen) atoms. The summed E-state index contributed by atoms with van der Waals surface area (Å²) in [5.74, 6) is 0. The Labute approximate surface area is 67.1 Å². The predicted octanol–water partition coefficient (Wildman–Crippen LogP) is 1.05. The Morgan fingerprint density at radius 2 is 2.30 bits per heavy atom. The van der Waals surface area contributed by atoms with Gasteiger partial charge in [0.15, 0.2) is 0 Å². The lowest BCUT2D eigenvalue weighted by molar-refractivity contribution is 0.230. The van der Waals surface area contributed by atoms with Crippen LogP contribution >= 0.6 is 11.6 Å². The Balaban J connectivity index is 3.47. The van der Waals surface area contributed by atoms with Gasteiger partial charge in [0.1, 0.15) is 0 Å². The Morgan fingerprint density at radius 3 is 2.70 bits per heavy atom. The Bertz CT molecular complexity index is 114. The molecule has 3 heteroatoms. The van der Waals surface area contributed by atoms with Gasteiger partial charge in [0, 0.05) is 18.6 Å². The van der Waals surface area contributed by atoms with Gasteiger partial charge in [0.05, 0.1) is 6.61 Å². The molecule has 0 rings (SSSR count). The first-order valence-corrected chi connectivity index (χ1v) is 3.69. The molecule has 0 aromatic heterocycles. The third-order valence-corrected chi connectivity index (χ3v) is 1.56. The molecule has 0 radical (unpaired) electrons. The molecule has 0 saturated carbocycles. The topological polar surface area (TPSA) is 23.5 Å². The Kier molecular flexibility index (Phi) is 5.69. The third-order valence-electron chi connectivity index (χ3n) is 1.19. The van der Waals surface area contributed by atoms with Crippen LogP contribution in [0.2, 0.25) is 0 Å². The van der Waals surface area contributed by atoms with Crippen LogP contribution in [0.3, 0.4) is 0 Å². The highest BCUT2D eigenvalue weighted by atomic mass is 35.5. The van der Waals surface area contributed by atoms with Gasteiger partial charge in [-0.25, -0.2) is 0 Å². The van der Waals surface area contributed by atoms with Crippen LogP contribution in [0.1, 0.15) is 6.92 Å². The molecule has 0 saturated heterocycles. The van der Waals surface area contributed by atoms with E-state index in [4.69, 9.17) is 16.7 Å². The van der Waals surface area contributed by atoms with Crippen molar-refractivity contribution in [1.82, 2.24) is 4.90 Å². The van der Waals surface area contributed by atoms with E-state index in [9.17, 15) is 0 Å². The van der Waals surface area contributed by atoms with Crippen LogP contribution in [0.5, 0.6) is 0 Å². The summed E-state index contributed by atoms with van der Waals surface area (Å²) in [4.78, 5) is 2.01. The minimum Gasteiger partial charge on any atom is -0.395 e. The van der Waals surface area contributed by atoms with Crippen LogP contribution in [-0.2, 0) is 0 Å². The van der Waals surface area contributed by atoms with Crippen LogP contribution in [0.4, 0.5) is 0 Å². The molecule has 0 aromatic rings. The smallest absolute Gasteiger partial charge is 0.0558 e. The minimum atomic E-state index is 0.200. The highest BCUT2D eigenvalue weighted by molar-refractivity contribution is 6.25. The molecule has 0 spiro atoms. The van der Waals surface area contributed by atoms with E-state index in [1.54, 1.807) is 5.54 Å². The van der Waals surface area contributed by atoms with Gasteiger partial charge in [0.25, 0.3) is 0 Å².